The Hall–Kier alpha value is -1.47. The summed E-state index contributed by atoms with van der Waals surface area (Å²) in [6, 6.07) is 1.23. The van der Waals surface area contributed by atoms with Crippen LogP contribution in [-0.4, -0.2) is 31.9 Å². The molecule has 0 fully saturated rings. The Bertz CT molecular complexity index is 527. The van der Waals surface area contributed by atoms with E-state index in [1.165, 1.54) is 16.9 Å². The van der Waals surface area contributed by atoms with Gasteiger partial charge in [0.15, 0.2) is 5.65 Å². The van der Waals surface area contributed by atoms with Crippen LogP contribution in [0, 0.1) is 5.95 Å². The summed E-state index contributed by atoms with van der Waals surface area (Å²) in [6.45, 7) is 3.60. The molecule has 2 aromatic heterocycles. The van der Waals surface area contributed by atoms with Gasteiger partial charge in [0.1, 0.15) is 0 Å². The summed E-state index contributed by atoms with van der Waals surface area (Å²) in [5.41, 5.74) is 0.408. The first-order valence-corrected chi connectivity index (χ1v) is 4.90. The number of fused-ring (bicyclic) bond motifs is 1. The van der Waals surface area contributed by atoms with Gasteiger partial charge in [0, 0.05) is 17.7 Å². The highest BCUT2D eigenvalue weighted by Gasteiger charge is 2.18. The molecule has 16 heavy (non-hydrogen) atoms. The molecule has 0 aliphatic rings. The van der Waals surface area contributed by atoms with Gasteiger partial charge in [-0.1, -0.05) is 0 Å². The predicted octanol–water partition coefficient (Wildman–Crippen LogP) is -0.169. The average molecular weight is 223 g/mol. The van der Waals surface area contributed by atoms with Gasteiger partial charge in [-0.2, -0.15) is 4.39 Å². The Kier molecular flexibility index (Phi) is 2.65. The zero-order chi connectivity index (χ0) is 11.9. The number of aromatic nitrogens is 3. The Balaban J connectivity index is 2.64. The van der Waals surface area contributed by atoms with Crippen molar-refractivity contribution >= 4 is 23.6 Å². The minimum Gasteiger partial charge on any atom is -0.423 e. The Morgan fingerprint density at radius 2 is 2.12 bits per heavy atom. The molecule has 0 unspecified atom stereocenters. The Labute approximate surface area is 91.7 Å². The molecule has 0 aromatic carbocycles. The molecule has 2 aromatic rings. The van der Waals surface area contributed by atoms with Crippen molar-refractivity contribution in [1.82, 2.24) is 14.8 Å². The second-order valence-corrected chi connectivity index (χ2v) is 3.84. The zero-order valence-electron chi connectivity index (χ0n) is 8.92. The molecule has 0 saturated carbocycles. The molecule has 2 heterocycles. The fourth-order valence-electron chi connectivity index (χ4n) is 1.46. The summed E-state index contributed by atoms with van der Waals surface area (Å²) in [4.78, 5) is 3.87. The summed E-state index contributed by atoms with van der Waals surface area (Å²) in [6.07, 6.45) is 1.27. The van der Waals surface area contributed by atoms with Crippen molar-refractivity contribution in [3.63, 3.8) is 0 Å². The highest BCUT2D eigenvalue weighted by molar-refractivity contribution is 6.58. The molecule has 0 saturated heterocycles. The van der Waals surface area contributed by atoms with Crippen LogP contribution in [0.2, 0.25) is 0 Å². The highest BCUT2D eigenvalue weighted by Crippen LogP contribution is 2.17. The fraction of sp³-hybridized carbons (Fsp3) is 0.333. The van der Waals surface area contributed by atoms with Crippen molar-refractivity contribution in [3.05, 3.63) is 18.2 Å². The monoisotopic (exact) mass is 223 g/mol. The van der Waals surface area contributed by atoms with Gasteiger partial charge >= 0.3 is 7.12 Å². The van der Waals surface area contributed by atoms with E-state index in [-0.39, 0.29) is 22.5 Å². The molecule has 0 radical (unpaired) electrons. The first kappa shape index (κ1) is 11.0. The minimum absolute atomic E-state index is 0.114. The van der Waals surface area contributed by atoms with Crippen LogP contribution < -0.4 is 5.46 Å². The lowest BCUT2D eigenvalue weighted by atomic mass is 9.81. The zero-order valence-corrected chi connectivity index (χ0v) is 8.92. The molecule has 0 atom stereocenters. The molecule has 5 nitrogen and oxygen atoms in total. The van der Waals surface area contributed by atoms with Crippen LogP contribution in [0.5, 0.6) is 0 Å². The molecule has 2 N–H and O–H groups in total. The van der Waals surface area contributed by atoms with Crippen LogP contribution in [0.25, 0.3) is 11.0 Å². The maximum Gasteiger partial charge on any atom is 0.490 e. The van der Waals surface area contributed by atoms with Crippen LogP contribution >= 0.6 is 0 Å². The van der Waals surface area contributed by atoms with E-state index in [4.69, 9.17) is 10.0 Å². The second kappa shape index (κ2) is 3.84. The molecule has 0 aliphatic heterocycles. The van der Waals surface area contributed by atoms with E-state index in [1.807, 2.05) is 0 Å². The lowest BCUT2D eigenvalue weighted by molar-refractivity contribution is 0.421. The molecule has 2 rings (SSSR count). The number of halogens is 1. The first-order chi connectivity index (χ1) is 7.50. The molecule has 0 bridgehead atoms. The Morgan fingerprint density at radius 1 is 1.44 bits per heavy atom. The van der Waals surface area contributed by atoms with E-state index in [1.54, 1.807) is 13.8 Å². The van der Waals surface area contributed by atoms with Gasteiger partial charge in [0.05, 0.1) is 5.39 Å². The first-order valence-electron chi connectivity index (χ1n) is 4.90. The predicted molar refractivity (Wildman–Crippen MR) is 57.7 cm³/mol. The van der Waals surface area contributed by atoms with E-state index in [0.717, 1.165) is 0 Å². The molecule has 0 spiro atoms. The van der Waals surface area contributed by atoms with Crippen molar-refractivity contribution in [2.75, 3.05) is 0 Å². The van der Waals surface area contributed by atoms with Gasteiger partial charge in [-0.15, -0.1) is 5.10 Å². The third-order valence-electron chi connectivity index (χ3n) is 2.30. The highest BCUT2D eigenvalue weighted by atomic mass is 19.1. The maximum absolute atomic E-state index is 13.8. The van der Waals surface area contributed by atoms with Crippen LogP contribution in [0.1, 0.15) is 19.9 Å². The SMILES string of the molecule is CC(C)n1nc2ncc(B(O)O)cc2c1F. The number of rotatable bonds is 2. The quantitative estimate of drug-likeness (QED) is 0.693. The van der Waals surface area contributed by atoms with Gasteiger partial charge < -0.3 is 10.0 Å². The summed E-state index contributed by atoms with van der Waals surface area (Å²) in [5.74, 6) is -0.514. The summed E-state index contributed by atoms with van der Waals surface area (Å²) >= 11 is 0. The summed E-state index contributed by atoms with van der Waals surface area (Å²) in [7, 11) is -1.65. The Morgan fingerprint density at radius 3 is 2.69 bits per heavy atom. The van der Waals surface area contributed by atoms with Crippen molar-refractivity contribution in [1.29, 1.82) is 0 Å². The largest absolute Gasteiger partial charge is 0.490 e. The number of nitrogens with zero attached hydrogens (tertiary/aromatic N) is 3. The van der Waals surface area contributed by atoms with Crippen molar-refractivity contribution in [3.8, 4) is 0 Å². The fourth-order valence-corrected chi connectivity index (χ4v) is 1.46. The molecule has 0 aliphatic carbocycles. The molecule has 7 heteroatoms. The van der Waals surface area contributed by atoms with Crippen LogP contribution in [0.15, 0.2) is 12.3 Å². The normalized spacial score (nSPS) is 11.4. The average Bonchev–Trinajstić information content (AvgIpc) is 2.56. The summed E-state index contributed by atoms with van der Waals surface area (Å²) < 4.78 is 15.0. The maximum atomic E-state index is 13.8. The minimum atomic E-state index is -1.65. The van der Waals surface area contributed by atoms with Crippen LogP contribution in [-0.2, 0) is 0 Å². The number of hydrogen-bond donors (Lipinski definition) is 2. The van der Waals surface area contributed by atoms with E-state index in [2.05, 4.69) is 10.1 Å². The second-order valence-electron chi connectivity index (χ2n) is 3.84. The van der Waals surface area contributed by atoms with E-state index in [0.29, 0.717) is 0 Å². The van der Waals surface area contributed by atoms with Crippen molar-refractivity contribution in [2.24, 2.45) is 0 Å². The number of hydrogen-bond acceptors (Lipinski definition) is 4. The smallest absolute Gasteiger partial charge is 0.423 e. The van der Waals surface area contributed by atoms with E-state index >= 15 is 0 Å². The van der Waals surface area contributed by atoms with E-state index < -0.39 is 13.1 Å². The van der Waals surface area contributed by atoms with Gasteiger partial charge in [-0.3, -0.25) is 0 Å². The van der Waals surface area contributed by atoms with Crippen LogP contribution in [0.4, 0.5) is 4.39 Å². The van der Waals surface area contributed by atoms with Gasteiger partial charge in [-0.25, -0.2) is 9.67 Å². The van der Waals surface area contributed by atoms with Crippen molar-refractivity contribution in [2.45, 2.75) is 19.9 Å². The molecule has 84 valence electrons. The molecular formula is C9H11BFN3O2. The molecular weight excluding hydrogens is 212 g/mol. The van der Waals surface area contributed by atoms with E-state index in [9.17, 15) is 4.39 Å². The topological polar surface area (TPSA) is 71.2 Å². The van der Waals surface area contributed by atoms with Gasteiger partial charge in [0.2, 0.25) is 5.95 Å². The van der Waals surface area contributed by atoms with Gasteiger partial charge in [-0.05, 0) is 19.9 Å². The summed E-state index contributed by atoms with van der Waals surface area (Å²) in [5, 5.41) is 22.1. The van der Waals surface area contributed by atoms with Crippen LogP contribution in [0.3, 0.4) is 0 Å². The molecule has 0 amide bonds. The third kappa shape index (κ3) is 1.68. The lowest BCUT2D eigenvalue weighted by Gasteiger charge is -2.03. The standard InChI is InChI=1S/C9H11BFN3O2/c1-5(2)14-8(11)7-3-6(10(15)16)4-12-9(7)13-14/h3-5,15-16H,1-2H3. The number of pyridine rings is 1. The van der Waals surface area contributed by atoms with Gasteiger partial charge in [0.25, 0.3) is 0 Å². The third-order valence-corrected chi connectivity index (χ3v) is 2.30. The lowest BCUT2D eigenvalue weighted by Crippen LogP contribution is -2.29. The van der Waals surface area contributed by atoms with Crippen molar-refractivity contribution < 1.29 is 14.4 Å².